The van der Waals surface area contributed by atoms with Gasteiger partial charge in [0.05, 0.1) is 5.38 Å². The Hall–Kier alpha value is -0.420. The standard InChI is InChI=1S/C6H7NO2S.BrH/c1-5-3-10-4-7(5)2-6(8)9;/h3-4H,2H2,1H3;1H. The first kappa shape index (κ1) is 10.6. The molecule has 0 bridgehead atoms. The highest BCUT2D eigenvalue weighted by Gasteiger charge is 2.10. The lowest BCUT2D eigenvalue weighted by Gasteiger charge is -1.86. The minimum absolute atomic E-state index is 0. The number of hydrogen-bond donors (Lipinski definition) is 1. The smallest absolute Gasteiger partial charge is 0.370 e. The predicted octanol–water partition coefficient (Wildman–Crippen LogP) is -2.57. The molecule has 0 aliphatic carbocycles. The zero-order valence-corrected chi connectivity index (χ0v) is 8.35. The van der Waals surface area contributed by atoms with Gasteiger partial charge < -0.3 is 22.1 Å². The molecule has 62 valence electrons. The predicted molar refractivity (Wildman–Crippen MR) is 36.9 cm³/mol. The van der Waals surface area contributed by atoms with Gasteiger partial charge in [0, 0.05) is 6.92 Å². The van der Waals surface area contributed by atoms with Crippen LogP contribution < -0.4 is 21.5 Å². The zero-order chi connectivity index (χ0) is 7.56. The normalized spacial score (nSPS) is 8.82. The van der Waals surface area contributed by atoms with Crippen molar-refractivity contribution in [3.8, 4) is 0 Å². The minimum Gasteiger partial charge on any atom is -1.00 e. The summed E-state index contributed by atoms with van der Waals surface area (Å²) >= 11 is 1.51. The van der Waals surface area contributed by atoms with Crippen molar-refractivity contribution >= 4 is 17.3 Å². The van der Waals surface area contributed by atoms with Crippen LogP contribution in [0.4, 0.5) is 0 Å². The molecule has 11 heavy (non-hydrogen) atoms. The molecular weight excluding hydrogens is 230 g/mol. The van der Waals surface area contributed by atoms with Crippen molar-refractivity contribution in [2.45, 2.75) is 13.5 Å². The average Bonchev–Trinajstić information content (AvgIpc) is 2.15. The molecule has 1 N–H and O–H groups in total. The monoisotopic (exact) mass is 237 g/mol. The molecule has 0 aromatic carbocycles. The van der Waals surface area contributed by atoms with E-state index in [1.807, 2.05) is 12.3 Å². The number of aliphatic carboxylic acids is 1. The van der Waals surface area contributed by atoms with Crippen LogP contribution in [0.1, 0.15) is 5.69 Å². The summed E-state index contributed by atoms with van der Waals surface area (Å²) in [7, 11) is 0. The Labute approximate surface area is 79.1 Å². The van der Waals surface area contributed by atoms with E-state index in [-0.39, 0.29) is 23.5 Å². The fourth-order valence-electron chi connectivity index (χ4n) is 0.661. The summed E-state index contributed by atoms with van der Waals surface area (Å²) in [4.78, 5) is 10.2. The van der Waals surface area contributed by atoms with E-state index in [1.165, 1.54) is 11.3 Å². The maximum absolute atomic E-state index is 10.2. The molecule has 1 rings (SSSR count). The van der Waals surface area contributed by atoms with Crippen LogP contribution >= 0.6 is 11.3 Å². The second-order valence-electron chi connectivity index (χ2n) is 2.02. The summed E-state index contributed by atoms with van der Waals surface area (Å²) in [5.74, 6) is -0.800. The number of carboxylic acids is 1. The van der Waals surface area contributed by atoms with Crippen LogP contribution in [0, 0.1) is 6.92 Å². The van der Waals surface area contributed by atoms with Crippen LogP contribution in [0.2, 0.25) is 0 Å². The maximum Gasteiger partial charge on any atom is 0.370 e. The minimum atomic E-state index is -0.800. The third kappa shape index (κ3) is 2.98. The number of thiazole rings is 1. The quantitative estimate of drug-likeness (QED) is 0.575. The van der Waals surface area contributed by atoms with Gasteiger partial charge in [0.1, 0.15) is 0 Å². The average molecular weight is 238 g/mol. The van der Waals surface area contributed by atoms with Crippen LogP contribution in [-0.4, -0.2) is 11.1 Å². The highest BCUT2D eigenvalue weighted by atomic mass is 79.9. The molecule has 0 radical (unpaired) electrons. The van der Waals surface area contributed by atoms with Crippen molar-refractivity contribution in [1.29, 1.82) is 0 Å². The molecule has 0 saturated heterocycles. The van der Waals surface area contributed by atoms with Crippen molar-refractivity contribution in [3.63, 3.8) is 0 Å². The van der Waals surface area contributed by atoms with Gasteiger partial charge in [-0.1, -0.05) is 11.3 Å². The van der Waals surface area contributed by atoms with Gasteiger partial charge in [0.15, 0.2) is 5.69 Å². The van der Waals surface area contributed by atoms with Crippen molar-refractivity contribution in [2.75, 3.05) is 0 Å². The van der Waals surface area contributed by atoms with Crippen LogP contribution in [0.15, 0.2) is 10.9 Å². The first-order valence-electron chi connectivity index (χ1n) is 2.84. The van der Waals surface area contributed by atoms with Crippen molar-refractivity contribution < 1.29 is 31.4 Å². The van der Waals surface area contributed by atoms with Gasteiger partial charge >= 0.3 is 5.97 Å². The van der Waals surface area contributed by atoms with Gasteiger partial charge in [0.25, 0.3) is 0 Å². The van der Waals surface area contributed by atoms with E-state index in [9.17, 15) is 4.79 Å². The lowest BCUT2D eigenvalue weighted by molar-refractivity contribution is -0.686. The molecule has 1 aromatic rings. The third-order valence-electron chi connectivity index (χ3n) is 1.19. The summed E-state index contributed by atoms with van der Waals surface area (Å²) < 4.78 is 1.70. The third-order valence-corrected chi connectivity index (χ3v) is 2.04. The molecule has 1 aromatic heterocycles. The molecular formula is C6H8BrNO2S. The second kappa shape index (κ2) is 4.46. The number of aromatic nitrogens is 1. The van der Waals surface area contributed by atoms with Gasteiger partial charge in [-0.3, -0.25) is 0 Å². The SMILES string of the molecule is Cc1csc[n+]1CC(=O)O.[Br-]. The lowest BCUT2D eigenvalue weighted by atomic mass is 10.5. The first-order valence-corrected chi connectivity index (χ1v) is 3.78. The molecule has 0 spiro atoms. The molecule has 0 aliphatic rings. The number of aryl methyl sites for hydroxylation is 1. The first-order chi connectivity index (χ1) is 4.70. The molecule has 0 atom stereocenters. The van der Waals surface area contributed by atoms with Crippen molar-refractivity contribution in [2.24, 2.45) is 0 Å². The number of nitrogens with zero attached hydrogens (tertiary/aromatic N) is 1. The van der Waals surface area contributed by atoms with Crippen LogP contribution in [-0.2, 0) is 11.3 Å². The molecule has 1 heterocycles. The zero-order valence-electron chi connectivity index (χ0n) is 5.95. The molecule has 0 fully saturated rings. The highest BCUT2D eigenvalue weighted by molar-refractivity contribution is 7.07. The van der Waals surface area contributed by atoms with Gasteiger partial charge in [-0.2, -0.15) is 4.57 Å². The fourth-order valence-corrected chi connectivity index (χ4v) is 1.44. The Morgan fingerprint density at radius 1 is 1.82 bits per heavy atom. The van der Waals surface area contributed by atoms with Crippen LogP contribution in [0.5, 0.6) is 0 Å². The topological polar surface area (TPSA) is 41.2 Å². The number of halogens is 1. The number of carboxylic acid groups (broad SMARTS) is 1. The van der Waals surface area contributed by atoms with E-state index in [0.29, 0.717) is 0 Å². The summed E-state index contributed by atoms with van der Waals surface area (Å²) in [5.41, 5.74) is 2.79. The van der Waals surface area contributed by atoms with Gasteiger partial charge in [0.2, 0.25) is 12.1 Å². The molecule has 0 unspecified atom stereocenters. The summed E-state index contributed by atoms with van der Waals surface area (Å²) in [6, 6.07) is 0. The molecule has 0 aliphatic heterocycles. The number of hydrogen-bond acceptors (Lipinski definition) is 2. The summed E-state index contributed by atoms with van der Waals surface area (Å²) in [6.07, 6.45) is 0. The van der Waals surface area contributed by atoms with Crippen molar-refractivity contribution in [1.82, 2.24) is 0 Å². The van der Waals surface area contributed by atoms with E-state index in [2.05, 4.69) is 0 Å². The number of carbonyl (C=O) groups is 1. The Morgan fingerprint density at radius 2 is 2.45 bits per heavy atom. The molecule has 5 heteroatoms. The Balaban J connectivity index is 0.000001000. The van der Waals surface area contributed by atoms with E-state index in [1.54, 1.807) is 10.1 Å². The van der Waals surface area contributed by atoms with Crippen LogP contribution in [0.3, 0.4) is 0 Å². The second-order valence-corrected chi connectivity index (χ2v) is 2.74. The van der Waals surface area contributed by atoms with Crippen molar-refractivity contribution in [3.05, 3.63) is 16.6 Å². The Bertz CT molecular complexity index is 248. The maximum atomic E-state index is 10.2. The van der Waals surface area contributed by atoms with Gasteiger partial charge in [-0.25, -0.2) is 4.79 Å². The summed E-state index contributed by atoms with van der Waals surface area (Å²) in [6.45, 7) is 1.95. The van der Waals surface area contributed by atoms with E-state index in [0.717, 1.165) is 5.69 Å². The highest BCUT2D eigenvalue weighted by Crippen LogP contribution is 1.95. The van der Waals surface area contributed by atoms with E-state index < -0.39 is 5.97 Å². The molecule has 0 amide bonds. The summed E-state index contributed by atoms with van der Waals surface area (Å²) in [5, 5.41) is 10.3. The molecule has 0 saturated carbocycles. The molecule has 3 nitrogen and oxygen atoms in total. The van der Waals surface area contributed by atoms with E-state index >= 15 is 0 Å². The van der Waals surface area contributed by atoms with Gasteiger partial charge in [-0.15, -0.1) is 0 Å². The van der Waals surface area contributed by atoms with E-state index in [4.69, 9.17) is 5.11 Å². The number of rotatable bonds is 2. The fraction of sp³-hybridized carbons (Fsp3) is 0.333. The Kier molecular flexibility index (Phi) is 4.29. The lowest BCUT2D eigenvalue weighted by Crippen LogP contribution is -3.00. The van der Waals surface area contributed by atoms with Gasteiger partial charge in [-0.05, 0) is 0 Å². The largest absolute Gasteiger partial charge is 1.00 e. The van der Waals surface area contributed by atoms with Crippen LogP contribution in [0.25, 0.3) is 0 Å². The Morgan fingerprint density at radius 3 is 2.82 bits per heavy atom.